The normalized spacial score (nSPS) is 10.5. The maximum atomic E-state index is 13.5. The average molecular weight is 272 g/mol. The van der Waals surface area contributed by atoms with Gasteiger partial charge in [-0.3, -0.25) is 0 Å². The zero-order chi connectivity index (χ0) is 12.4. The van der Waals surface area contributed by atoms with E-state index in [1.807, 2.05) is 13.0 Å². The van der Waals surface area contributed by atoms with E-state index in [1.165, 1.54) is 17.4 Å². The molecule has 90 valence electrons. The Balaban J connectivity index is 2.11. The predicted octanol–water partition coefficient (Wildman–Crippen LogP) is 4.01. The van der Waals surface area contributed by atoms with E-state index in [9.17, 15) is 4.39 Å². The topological polar surface area (TPSA) is 35.2 Å². The van der Waals surface area contributed by atoms with Gasteiger partial charge in [0.15, 0.2) is 11.6 Å². The van der Waals surface area contributed by atoms with Crippen LogP contribution in [0.1, 0.15) is 10.4 Å². The highest BCUT2D eigenvalue weighted by Crippen LogP contribution is 2.26. The largest absolute Gasteiger partial charge is 0.485 e. The lowest BCUT2D eigenvalue weighted by Gasteiger charge is -2.08. The monoisotopic (exact) mass is 271 g/mol. The summed E-state index contributed by atoms with van der Waals surface area (Å²) in [7, 11) is 0. The molecule has 0 aliphatic rings. The molecule has 5 heteroatoms. The third kappa shape index (κ3) is 2.90. The Labute approximate surface area is 108 Å². The van der Waals surface area contributed by atoms with Crippen molar-refractivity contribution in [1.29, 1.82) is 0 Å². The second kappa shape index (κ2) is 4.94. The molecule has 2 aromatic rings. The van der Waals surface area contributed by atoms with Crippen LogP contribution in [-0.4, -0.2) is 0 Å². The molecule has 1 aromatic heterocycles. The zero-order valence-corrected chi connectivity index (χ0v) is 10.7. The van der Waals surface area contributed by atoms with Crippen LogP contribution >= 0.6 is 22.9 Å². The van der Waals surface area contributed by atoms with Gasteiger partial charge in [-0.25, -0.2) is 4.39 Å². The molecule has 0 radical (unpaired) electrons. The molecule has 2 rings (SSSR count). The molecular weight excluding hydrogens is 261 g/mol. The molecule has 0 saturated heterocycles. The Morgan fingerprint density at radius 2 is 2.18 bits per heavy atom. The third-order valence-electron chi connectivity index (χ3n) is 2.32. The minimum Gasteiger partial charge on any atom is -0.485 e. The Morgan fingerprint density at radius 1 is 1.41 bits per heavy atom. The summed E-state index contributed by atoms with van der Waals surface area (Å²) in [4.78, 5) is 0.948. The van der Waals surface area contributed by atoms with Crippen LogP contribution in [0.25, 0.3) is 0 Å². The minimum atomic E-state index is -0.448. The smallest absolute Gasteiger partial charge is 0.167 e. The molecular formula is C12H11ClFNOS. The first-order valence-corrected chi connectivity index (χ1v) is 6.18. The molecule has 0 aliphatic carbocycles. The van der Waals surface area contributed by atoms with E-state index in [-0.39, 0.29) is 5.75 Å². The molecule has 0 bridgehead atoms. The highest BCUT2D eigenvalue weighted by molar-refractivity contribution is 7.16. The number of nitrogens with two attached hydrogens (primary N) is 1. The number of thiophene rings is 1. The van der Waals surface area contributed by atoms with Crippen molar-refractivity contribution in [1.82, 2.24) is 0 Å². The lowest BCUT2D eigenvalue weighted by Crippen LogP contribution is -1.98. The Kier molecular flexibility index (Phi) is 3.54. The number of halogens is 2. The summed E-state index contributed by atoms with van der Waals surface area (Å²) < 4.78 is 19.6. The molecule has 1 aromatic carbocycles. The van der Waals surface area contributed by atoms with E-state index in [2.05, 4.69) is 0 Å². The van der Waals surface area contributed by atoms with Crippen LogP contribution in [0.3, 0.4) is 0 Å². The van der Waals surface area contributed by atoms with Crippen molar-refractivity contribution in [2.45, 2.75) is 13.5 Å². The van der Waals surface area contributed by atoms with Crippen LogP contribution in [0.4, 0.5) is 10.1 Å². The molecule has 0 unspecified atom stereocenters. The number of hydrogen-bond acceptors (Lipinski definition) is 3. The van der Waals surface area contributed by atoms with Gasteiger partial charge in [0.05, 0.1) is 4.34 Å². The molecule has 0 spiro atoms. The Bertz CT molecular complexity index is 541. The molecule has 0 aliphatic heterocycles. The Hall–Kier alpha value is -1.26. The molecule has 0 fully saturated rings. The standard InChI is InChI=1S/C12H11ClFNOS/c1-7-4-11(9(14)5-10(7)15)16-6-8-2-3-12(13)17-8/h2-5H,6,15H2,1H3. The molecule has 0 amide bonds. The SMILES string of the molecule is Cc1cc(OCc2ccc(Cl)s2)c(F)cc1N. The molecule has 2 nitrogen and oxygen atoms in total. The van der Waals surface area contributed by atoms with Gasteiger partial charge in [0.2, 0.25) is 0 Å². The first kappa shape index (κ1) is 12.2. The first-order chi connectivity index (χ1) is 8.06. The fraction of sp³-hybridized carbons (Fsp3) is 0.167. The van der Waals surface area contributed by atoms with Crippen LogP contribution in [0.5, 0.6) is 5.75 Å². The fourth-order valence-corrected chi connectivity index (χ4v) is 2.36. The molecule has 2 N–H and O–H groups in total. The summed E-state index contributed by atoms with van der Waals surface area (Å²) in [5.74, 6) is -0.239. The average Bonchev–Trinajstić information content (AvgIpc) is 2.68. The Morgan fingerprint density at radius 3 is 2.82 bits per heavy atom. The summed E-state index contributed by atoms with van der Waals surface area (Å²) in [5, 5.41) is 0. The molecule has 0 saturated carbocycles. The van der Waals surface area contributed by atoms with Crippen LogP contribution in [0.15, 0.2) is 24.3 Å². The highest BCUT2D eigenvalue weighted by Gasteiger charge is 2.07. The van der Waals surface area contributed by atoms with Crippen molar-refractivity contribution in [2.75, 3.05) is 5.73 Å². The quantitative estimate of drug-likeness (QED) is 0.856. The van der Waals surface area contributed by atoms with Crippen LogP contribution in [0, 0.1) is 12.7 Å². The molecule has 1 heterocycles. The van der Waals surface area contributed by atoms with Crippen LogP contribution in [0.2, 0.25) is 4.34 Å². The number of rotatable bonds is 3. The maximum absolute atomic E-state index is 13.5. The van der Waals surface area contributed by atoms with Crippen molar-refractivity contribution in [3.63, 3.8) is 0 Å². The van der Waals surface area contributed by atoms with Crippen LogP contribution in [-0.2, 0) is 6.61 Å². The van der Waals surface area contributed by atoms with Gasteiger partial charge in [-0.1, -0.05) is 11.6 Å². The second-order valence-corrected chi connectivity index (χ2v) is 5.43. The van der Waals surface area contributed by atoms with Crippen molar-refractivity contribution in [3.8, 4) is 5.75 Å². The molecule has 0 atom stereocenters. The van der Waals surface area contributed by atoms with E-state index in [1.54, 1.807) is 12.1 Å². The summed E-state index contributed by atoms with van der Waals surface area (Å²) >= 11 is 7.21. The van der Waals surface area contributed by atoms with Gasteiger partial charge in [0.1, 0.15) is 6.61 Å². The number of benzene rings is 1. The van der Waals surface area contributed by atoms with E-state index in [0.29, 0.717) is 16.6 Å². The van der Waals surface area contributed by atoms with Gasteiger partial charge in [0, 0.05) is 16.6 Å². The van der Waals surface area contributed by atoms with Crippen molar-refractivity contribution >= 4 is 28.6 Å². The minimum absolute atomic E-state index is 0.209. The van der Waals surface area contributed by atoms with Crippen molar-refractivity contribution in [3.05, 3.63) is 44.9 Å². The van der Waals surface area contributed by atoms with Gasteiger partial charge in [0.25, 0.3) is 0 Å². The molecule has 17 heavy (non-hydrogen) atoms. The number of hydrogen-bond donors (Lipinski definition) is 1. The fourth-order valence-electron chi connectivity index (χ4n) is 1.36. The lowest BCUT2D eigenvalue weighted by atomic mass is 10.2. The van der Waals surface area contributed by atoms with E-state index < -0.39 is 5.82 Å². The predicted molar refractivity (Wildman–Crippen MR) is 69.2 cm³/mol. The summed E-state index contributed by atoms with van der Waals surface area (Å²) in [5.41, 5.74) is 6.81. The number of nitrogen functional groups attached to an aromatic ring is 1. The van der Waals surface area contributed by atoms with E-state index >= 15 is 0 Å². The van der Waals surface area contributed by atoms with Gasteiger partial charge in [-0.05, 0) is 30.7 Å². The summed E-state index contributed by atoms with van der Waals surface area (Å²) in [6, 6.07) is 6.51. The lowest BCUT2D eigenvalue weighted by molar-refractivity contribution is 0.293. The van der Waals surface area contributed by atoms with Gasteiger partial charge >= 0.3 is 0 Å². The van der Waals surface area contributed by atoms with Gasteiger partial charge < -0.3 is 10.5 Å². The van der Waals surface area contributed by atoms with E-state index in [0.717, 1.165) is 10.4 Å². The zero-order valence-electron chi connectivity index (χ0n) is 9.17. The first-order valence-electron chi connectivity index (χ1n) is 4.99. The highest BCUT2D eigenvalue weighted by atomic mass is 35.5. The second-order valence-electron chi connectivity index (χ2n) is 3.63. The third-order valence-corrected chi connectivity index (χ3v) is 3.52. The van der Waals surface area contributed by atoms with E-state index in [4.69, 9.17) is 22.1 Å². The number of anilines is 1. The summed E-state index contributed by atoms with van der Waals surface area (Å²) in [6.45, 7) is 2.11. The summed E-state index contributed by atoms with van der Waals surface area (Å²) in [6.07, 6.45) is 0. The van der Waals surface area contributed by atoms with Crippen LogP contribution < -0.4 is 10.5 Å². The van der Waals surface area contributed by atoms with Gasteiger partial charge in [-0.15, -0.1) is 11.3 Å². The number of aryl methyl sites for hydroxylation is 1. The van der Waals surface area contributed by atoms with Crippen molar-refractivity contribution < 1.29 is 9.13 Å². The maximum Gasteiger partial charge on any atom is 0.167 e. The van der Waals surface area contributed by atoms with Gasteiger partial charge in [-0.2, -0.15) is 0 Å². The number of ether oxygens (including phenoxy) is 1. The van der Waals surface area contributed by atoms with Crippen molar-refractivity contribution in [2.24, 2.45) is 0 Å².